The standard InChI is InChI=1S/C15H31N3O/c1-6-10-17-15(7-2,13-16)9-8-11-18(4)14(3)12-19-5/h14,17H,6-12H2,1-5H3. The van der Waals surface area contributed by atoms with Crippen molar-refractivity contribution in [2.24, 2.45) is 0 Å². The molecule has 1 N–H and O–H groups in total. The lowest BCUT2D eigenvalue weighted by atomic mass is 9.91. The van der Waals surface area contributed by atoms with Crippen molar-refractivity contribution in [2.45, 2.75) is 58.0 Å². The molecule has 2 atom stereocenters. The minimum Gasteiger partial charge on any atom is -0.383 e. The Bertz CT molecular complexity index is 265. The van der Waals surface area contributed by atoms with Crippen molar-refractivity contribution in [1.29, 1.82) is 5.26 Å². The molecule has 0 aromatic rings. The van der Waals surface area contributed by atoms with E-state index in [1.807, 2.05) is 0 Å². The number of nitrogens with one attached hydrogen (secondary N) is 1. The van der Waals surface area contributed by atoms with Crippen LogP contribution in [0.1, 0.15) is 46.5 Å². The van der Waals surface area contributed by atoms with Gasteiger partial charge in [-0.25, -0.2) is 0 Å². The summed E-state index contributed by atoms with van der Waals surface area (Å²) < 4.78 is 5.16. The van der Waals surface area contributed by atoms with Crippen LogP contribution in [0.3, 0.4) is 0 Å². The topological polar surface area (TPSA) is 48.3 Å². The van der Waals surface area contributed by atoms with Gasteiger partial charge in [0.15, 0.2) is 0 Å². The second-order valence-electron chi connectivity index (χ2n) is 5.36. The van der Waals surface area contributed by atoms with E-state index in [1.54, 1.807) is 7.11 Å². The van der Waals surface area contributed by atoms with Crippen LogP contribution in [-0.4, -0.2) is 50.3 Å². The molecule has 0 aromatic heterocycles. The van der Waals surface area contributed by atoms with E-state index in [4.69, 9.17) is 4.74 Å². The lowest BCUT2D eigenvalue weighted by Crippen LogP contribution is -2.44. The summed E-state index contributed by atoms with van der Waals surface area (Å²) in [5.74, 6) is 0. The number of methoxy groups -OCH3 is 1. The molecule has 0 saturated heterocycles. The quantitative estimate of drug-likeness (QED) is 0.626. The van der Waals surface area contributed by atoms with E-state index in [2.05, 4.69) is 44.1 Å². The fourth-order valence-corrected chi connectivity index (χ4v) is 2.15. The maximum atomic E-state index is 9.42. The van der Waals surface area contributed by atoms with Gasteiger partial charge in [0, 0.05) is 13.2 Å². The zero-order valence-electron chi connectivity index (χ0n) is 13.3. The van der Waals surface area contributed by atoms with Crippen molar-refractivity contribution in [2.75, 3.05) is 33.9 Å². The first-order valence-electron chi connectivity index (χ1n) is 7.40. The number of hydrogen-bond donors (Lipinski definition) is 1. The Kier molecular flexibility index (Phi) is 9.85. The fraction of sp³-hybridized carbons (Fsp3) is 0.933. The second kappa shape index (κ2) is 10.2. The van der Waals surface area contributed by atoms with Gasteiger partial charge in [-0.05, 0) is 52.7 Å². The largest absolute Gasteiger partial charge is 0.383 e. The monoisotopic (exact) mass is 269 g/mol. The zero-order valence-corrected chi connectivity index (χ0v) is 13.3. The van der Waals surface area contributed by atoms with Crippen molar-refractivity contribution in [1.82, 2.24) is 10.2 Å². The first-order chi connectivity index (χ1) is 9.05. The molecule has 2 unspecified atom stereocenters. The number of ether oxygens (including phenoxy) is 1. The minimum absolute atomic E-state index is 0.346. The predicted octanol–water partition coefficient (Wildman–Crippen LogP) is 2.41. The molecule has 0 aliphatic carbocycles. The summed E-state index contributed by atoms with van der Waals surface area (Å²) in [7, 11) is 3.85. The first-order valence-corrected chi connectivity index (χ1v) is 7.40. The average molecular weight is 269 g/mol. The van der Waals surface area contributed by atoms with E-state index in [9.17, 15) is 5.26 Å². The Morgan fingerprint density at radius 2 is 2.11 bits per heavy atom. The average Bonchev–Trinajstić information content (AvgIpc) is 2.43. The van der Waals surface area contributed by atoms with E-state index in [-0.39, 0.29) is 5.54 Å². The van der Waals surface area contributed by atoms with Crippen LogP contribution in [0.25, 0.3) is 0 Å². The van der Waals surface area contributed by atoms with Gasteiger partial charge in [-0.15, -0.1) is 0 Å². The zero-order chi connectivity index (χ0) is 14.7. The third-order valence-corrected chi connectivity index (χ3v) is 3.81. The Morgan fingerprint density at radius 3 is 2.58 bits per heavy atom. The van der Waals surface area contributed by atoms with Crippen LogP contribution in [0.15, 0.2) is 0 Å². The first kappa shape index (κ1) is 18.4. The maximum Gasteiger partial charge on any atom is 0.106 e. The molecule has 0 aliphatic rings. The molecule has 0 bridgehead atoms. The van der Waals surface area contributed by atoms with Crippen LogP contribution in [0.4, 0.5) is 0 Å². The second-order valence-corrected chi connectivity index (χ2v) is 5.36. The third kappa shape index (κ3) is 6.91. The normalized spacial score (nSPS) is 16.1. The summed E-state index contributed by atoms with van der Waals surface area (Å²) in [6.07, 6.45) is 3.86. The molecule has 0 rings (SSSR count). The van der Waals surface area contributed by atoms with E-state index >= 15 is 0 Å². The number of hydrogen-bond acceptors (Lipinski definition) is 4. The fourth-order valence-electron chi connectivity index (χ4n) is 2.15. The van der Waals surface area contributed by atoms with Gasteiger partial charge in [0.25, 0.3) is 0 Å². The molecule has 0 heterocycles. The highest BCUT2D eigenvalue weighted by molar-refractivity contribution is 5.06. The van der Waals surface area contributed by atoms with Gasteiger partial charge in [-0.1, -0.05) is 13.8 Å². The van der Waals surface area contributed by atoms with Gasteiger partial charge < -0.3 is 9.64 Å². The highest BCUT2D eigenvalue weighted by Crippen LogP contribution is 2.17. The lowest BCUT2D eigenvalue weighted by Gasteiger charge is -2.29. The Hall–Kier alpha value is -0.630. The minimum atomic E-state index is -0.346. The molecule has 0 aromatic carbocycles. The van der Waals surface area contributed by atoms with E-state index in [0.29, 0.717) is 6.04 Å². The summed E-state index contributed by atoms with van der Waals surface area (Å²) >= 11 is 0. The van der Waals surface area contributed by atoms with Crippen molar-refractivity contribution in [3.05, 3.63) is 0 Å². The van der Waals surface area contributed by atoms with Crippen molar-refractivity contribution in [3.8, 4) is 6.07 Å². The molecule has 19 heavy (non-hydrogen) atoms. The molecule has 0 saturated carbocycles. The van der Waals surface area contributed by atoms with Crippen LogP contribution in [-0.2, 0) is 4.74 Å². The van der Waals surface area contributed by atoms with Crippen LogP contribution in [0.2, 0.25) is 0 Å². The number of likely N-dealkylation sites (N-methyl/N-ethyl adjacent to an activating group) is 1. The molecule has 0 spiro atoms. The molecule has 4 nitrogen and oxygen atoms in total. The molecule has 0 fully saturated rings. The predicted molar refractivity (Wildman–Crippen MR) is 80.1 cm³/mol. The Balaban J connectivity index is 4.16. The van der Waals surface area contributed by atoms with Crippen LogP contribution >= 0.6 is 0 Å². The van der Waals surface area contributed by atoms with E-state index in [1.165, 1.54) is 0 Å². The summed E-state index contributed by atoms with van der Waals surface area (Å²) in [6.45, 7) is 9.05. The van der Waals surface area contributed by atoms with Crippen LogP contribution in [0, 0.1) is 11.3 Å². The van der Waals surface area contributed by atoms with E-state index < -0.39 is 0 Å². The molecule has 0 radical (unpaired) electrons. The van der Waals surface area contributed by atoms with Crippen LogP contribution < -0.4 is 5.32 Å². The molecular formula is C15H31N3O. The molecular weight excluding hydrogens is 238 g/mol. The van der Waals surface area contributed by atoms with Gasteiger partial charge in [-0.3, -0.25) is 5.32 Å². The summed E-state index contributed by atoms with van der Waals surface area (Å²) in [5, 5.41) is 12.8. The lowest BCUT2D eigenvalue weighted by molar-refractivity contribution is 0.113. The van der Waals surface area contributed by atoms with Gasteiger partial charge in [0.05, 0.1) is 12.7 Å². The highest BCUT2D eigenvalue weighted by Gasteiger charge is 2.26. The summed E-state index contributed by atoms with van der Waals surface area (Å²) in [6, 6.07) is 2.90. The molecule has 112 valence electrons. The SMILES string of the molecule is CCCNC(C#N)(CC)CCCN(C)C(C)COC. The van der Waals surface area contributed by atoms with Crippen molar-refractivity contribution in [3.63, 3.8) is 0 Å². The Morgan fingerprint density at radius 1 is 1.42 bits per heavy atom. The molecule has 0 amide bonds. The number of rotatable bonds is 11. The van der Waals surface area contributed by atoms with E-state index in [0.717, 1.165) is 45.4 Å². The maximum absolute atomic E-state index is 9.42. The Labute approximate surface area is 119 Å². The summed E-state index contributed by atoms with van der Waals surface area (Å²) in [5.41, 5.74) is -0.346. The smallest absolute Gasteiger partial charge is 0.106 e. The third-order valence-electron chi connectivity index (χ3n) is 3.81. The van der Waals surface area contributed by atoms with Gasteiger partial charge >= 0.3 is 0 Å². The van der Waals surface area contributed by atoms with Crippen molar-refractivity contribution < 1.29 is 4.74 Å². The van der Waals surface area contributed by atoms with Gasteiger partial charge in [0.1, 0.15) is 5.54 Å². The molecule has 4 heteroatoms. The summed E-state index contributed by atoms with van der Waals surface area (Å²) in [4.78, 5) is 2.29. The number of nitrogens with zero attached hydrogens (tertiary/aromatic N) is 2. The van der Waals surface area contributed by atoms with Gasteiger partial charge in [0.2, 0.25) is 0 Å². The van der Waals surface area contributed by atoms with Gasteiger partial charge in [-0.2, -0.15) is 5.26 Å². The van der Waals surface area contributed by atoms with Crippen LogP contribution in [0.5, 0.6) is 0 Å². The number of nitriles is 1. The van der Waals surface area contributed by atoms with Crippen molar-refractivity contribution >= 4 is 0 Å². The molecule has 0 aliphatic heterocycles. The highest BCUT2D eigenvalue weighted by atomic mass is 16.5.